The van der Waals surface area contributed by atoms with Crippen LogP contribution in [-0.4, -0.2) is 23.1 Å². The molecule has 1 aromatic carbocycles. The number of hydrogen-bond donors (Lipinski definition) is 1. The highest BCUT2D eigenvalue weighted by Gasteiger charge is 2.33. The summed E-state index contributed by atoms with van der Waals surface area (Å²) < 4.78 is 43.4. The number of rotatable bonds is 5. The van der Waals surface area contributed by atoms with Gasteiger partial charge >= 0.3 is 6.18 Å². The van der Waals surface area contributed by atoms with Crippen LogP contribution in [0.3, 0.4) is 0 Å². The molecule has 2 aromatic rings. The van der Waals surface area contributed by atoms with Crippen LogP contribution in [0, 0.1) is 0 Å². The zero-order chi connectivity index (χ0) is 15.3. The maximum Gasteiger partial charge on any atom is 0.419 e. The van der Waals surface area contributed by atoms with E-state index in [1.165, 1.54) is 30.7 Å². The average molecular weight is 318 g/mol. The average Bonchev–Trinajstić information content (AvgIpc) is 2.45. The standard InChI is InChI=1S/C13H11ClF3N3O/c14-10-7-18-8-20-12(10)19-5-6-21-11-4-2-1-3-9(11)13(15,16)17/h1-4,7-8H,5-6H2,(H,18,19,20). The first kappa shape index (κ1) is 15.4. The van der Waals surface area contributed by atoms with Gasteiger partial charge in [0.1, 0.15) is 29.5 Å². The van der Waals surface area contributed by atoms with Gasteiger partial charge in [-0.2, -0.15) is 13.2 Å². The fourth-order valence-electron chi connectivity index (χ4n) is 1.60. The molecular weight excluding hydrogens is 307 g/mol. The second kappa shape index (κ2) is 6.62. The number of anilines is 1. The van der Waals surface area contributed by atoms with E-state index in [1.807, 2.05) is 0 Å². The third-order valence-corrected chi connectivity index (χ3v) is 2.79. The number of nitrogens with zero attached hydrogens (tertiary/aromatic N) is 2. The Balaban J connectivity index is 1.91. The van der Waals surface area contributed by atoms with E-state index in [2.05, 4.69) is 15.3 Å². The van der Waals surface area contributed by atoms with Crippen molar-refractivity contribution in [3.05, 3.63) is 47.4 Å². The maximum absolute atomic E-state index is 12.7. The molecular formula is C13H11ClF3N3O. The van der Waals surface area contributed by atoms with E-state index in [0.29, 0.717) is 10.8 Å². The minimum atomic E-state index is -4.44. The minimum Gasteiger partial charge on any atom is -0.491 e. The lowest BCUT2D eigenvalue weighted by Gasteiger charge is -2.14. The summed E-state index contributed by atoms with van der Waals surface area (Å²) in [5.41, 5.74) is -0.801. The van der Waals surface area contributed by atoms with Gasteiger partial charge in [0.25, 0.3) is 0 Å². The number of benzene rings is 1. The lowest BCUT2D eigenvalue weighted by molar-refractivity contribution is -0.138. The van der Waals surface area contributed by atoms with Crippen LogP contribution in [0.4, 0.5) is 19.0 Å². The summed E-state index contributed by atoms with van der Waals surface area (Å²) in [5, 5.41) is 3.18. The van der Waals surface area contributed by atoms with Crippen LogP contribution in [0.1, 0.15) is 5.56 Å². The van der Waals surface area contributed by atoms with Crippen molar-refractivity contribution in [1.29, 1.82) is 0 Å². The molecule has 0 spiro atoms. The van der Waals surface area contributed by atoms with Crippen molar-refractivity contribution in [3.63, 3.8) is 0 Å². The molecule has 0 aliphatic carbocycles. The number of halogens is 4. The van der Waals surface area contributed by atoms with Gasteiger partial charge in [-0.25, -0.2) is 9.97 Å². The highest BCUT2D eigenvalue weighted by molar-refractivity contribution is 6.32. The number of para-hydroxylation sites is 1. The van der Waals surface area contributed by atoms with Crippen molar-refractivity contribution >= 4 is 17.4 Å². The lowest BCUT2D eigenvalue weighted by Crippen LogP contribution is -2.15. The molecule has 8 heteroatoms. The molecule has 0 saturated heterocycles. The van der Waals surface area contributed by atoms with E-state index in [4.69, 9.17) is 16.3 Å². The quantitative estimate of drug-likeness (QED) is 0.855. The van der Waals surface area contributed by atoms with E-state index in [-0.39, 0.29) is 18.9 Å². The molecule has 112 valence electrons. The second-order valence-corrected chi connectivity index (χ2v) is 4.40. The molecule has 0 bridgehead atoms. The van der Waals surface area contributed by atoms with Gasteiger partial charge in [0.05, 0.1) is 18.3 Å². The summed E-state index contributed by atoms with van der Waals surface area (Å²) in [6.45, 7) is 0.288. The zero-order valence-corrected chi connectivity index (χ0v) is 11.4. The van der Waals surface area contributed by atoms with Gasteiger partial charge in [-0.1, -0.05) is 23.7 Å². The molecule has 1 aromatic heterocycles. The molecule has 0 radical (unpaired) electrons. The molecule has 0 atom stereocenters. The fourth-order valence-corrected chi connectivity index (χ4v) is 1.77. The molecule has 1 heterocycles. The highest BCUT2D eigenvalue weighted by atomic mass is 35.5. The van der Waals surface area contributed by atoms with E-state index in [1.54, 1.807) is 0 Å². The maximum atomic E-state index is 12.7. The monoisotopic (exact) mass is 317 g/mol. The first-order valence-corrected chi connectivity index (χ1v) is 6.34. The van der Waals surface area contributed by atoms with Gasteiger partial charge in [0.2, 0.25) is 0 Å². The first-order valence-electron chi connectivity index (χ1n) is 5.97. The van der Waals surface area contributed by atoms with E-state index < -0.39 is 11.7 Å². The van der Waals surface area contributed by atoms with Crippen molar-refractivity contribution in [1.82, 2.24) is 9.97 Å². The Bertz CT molecular complexity index is 607. The predicted molar refractivity (Wildman–Crippen MR) is 72.5 cm³/mol. The number of hydrogen-bond acceptors (Lipinski definition) is 4. The van der Waals surface area contributed by atoms with Crippen LogP contribution in [0.5, 0.6) is 5.75 Å². The largest absolute Gasteiger partial charge is 0.491 e. The summed E-state index contributed by atoms with van der Waals surface area (Å²) in [5.74, 6) is 0.194. The summed E-state index contributed by atoms with van der Waals surface area (Å²) in [6, 6.07) is 5.05. The van der Waals surface area contributed by atoms with Gasteiger partial charge in [0.15, 0.2) is 0 Å². The van der Waals surface area contributed by atoms with Gasteiger partial charge < -0.3 is 10.1 Å². The Morgan fingerprint density at radius 3 is 2.71 bits per heavy atom. The lowest BCUT2D eigenvalue weighted by atomic mass is 10.2. The van der Waals surface area contributed by atoms with Crippen LogP contribution in [-0.2, 0) is 6.18 Å². The Hall–Kier alpha value is -2.02. The van der Waals surface area contributed by atoms with Crippen LogP contribution in [0.25, 0.3) is 0 Å². The molecule has 2 rings (SSSR count). The molecule has 0 fully saturated rings. The topological polar surface area (TPSA) is 47.0 Å². The number of aromatic nitrogens is 2. The number of alkyl halides is 3. The van der Waals surface area contributed by atoms with E-state index >= 15 is 0 Å². The molecule has 0 saturated carbocycles. The molecule has 0 amide bonds. The summed E-state index contributed by atoms with van der Waals surface area (Å²) in [7, 11) is 0. The highest BCUT2D eigenvalue weighted by Crippen LogP contribution is 2.35. The molecule has 0 unspecified atom stereocenters. The summed E-state index contributed by atoms with van der Waals surface area (Å²) in [4.78, 5) is 7.61. The molecule has 4 nitrogen and oxygen atoms in total. The number of ether oxygens (including phenoxy) is 1. The van der Waals surface area contributed by atoms with E-state index in [0.717, 1.165) is 6.07 Å². The Kier molecular flexibility index (Phi) is 4.85. The van der Waals surface area contributed by atoms with Crippen molar-refractivity contribution in [2.24, 2.45) is 0 Å². The fraction of sp³-hybridized carbons (Fsp3) is 0.231. The first-order chi connectivity index (χ1) is 9.98. The molecule has 0 aliphatic heterocycles. The van der Waals surface area contributed by atoms with Crippen LogP contribution in [0.15, 0.2) is 36.8 Å². The van der Waals surface area contributed by atoms with Gasteiger partial charge in [-0.15, -0.1) is 0 Å². The smallest absolute Gasteiger partial charge is 0.419 e. The second-order valence-electron chi connectivity index (χ2n) is 3.99. The van der Waals surface area contributed by atoms with Gasteiger partial charge in [0, 0.05) is 0 Å². The van der Waals surface area contributed by atoms with Crippen molar-refractivity contribution in [2.75, 3.05) is 18.5 Å². The minimum absolute atomic E-state index is 0.0351. The van der Waals surface area contributed by atoms with Crippen LogP contribution in [0.2, 0.25) is 5.02 Å². The number of nitrogens with one attached hydrogen (secondary N) is 1. The predicted octanol–water partition coefficient (Wildman–Crippen LogP) is 3.64. The van der Waals surface area contributed by atoms with Crippen molar-refractivity contribution in [2.45, 2.75) is 6.18 Å². The van der Waals surface area contributed by atoms with Crippen molar-refractivity contribution in [3.8, 4) is 5.75 Å². The Morgan fingerprint density at radius 1 is 1.24 bits per heavy atom. The molecule has 1 N–H and O–H groups in total. The van der Waals surface area contributed by atoms with E-state index in [9.17, 15) is 13.2 Å². The third kappa shape index (κ3) is 4.22. The van der Waals surface area contributed by atoms with Crippen molar-refractivity contribution < 1.29 is 17.9 Å². The Morgan fingerprint density at radius 2 is 2.00 bits per heavy atom. The van der Waals surface area contributed by atoms with Gasteiger partial charge in [-0.3, -0.25) is 0 Å². The normalized spacial score (nSPS) is 11.2. The SMILES string of the molecule is FC(F)(F)c1ccccc1OCCNc1ncncc1Cl. The third-order valence-electron chi connectivity index (χ3n) is 2.51. The van der Waals surface area contributed by atoms with Gasteiger partial charge in [-0.05, 0) is 12.1 Å². The molecule has 0 aliphatic rings. The van der Waals surface area contributed by atoms with Crippen LogP contribution >= 0.6 is 11.6 Å². The summed E-state index contributed by atoms with van der Waals surface area (Å²) >= 11 is 5.83. The molecule has 21 heavy (non-hydrogen) atoms. The Labute approximate surface area is 123 Å². The van der Waals surface area contributed by atoms with Crippen LogP contribution < -0.4 is 10.1 Å². The summed E-state index contributed by atoms with van der Waals surface area (Å²) in [6.07, 6.45) is -1.72. The zero-order valence-electron chi connectivity index (χ0n) is 10.7.